The summed E-state index contributed by atoms with van der Waals surface area (Å²) in [6.45, 7) is 0. The number of carboxylic acids is 1. The molecular weight excluding hydrogens is 358 g/mol. The molecule has 1 saturated carbocycles. The Bertz CT molecular complexity index is 826. The number of hydrogen-bond donors (Lipinski definition) is 3. The van der Waals surface area contributed by atoms with Crippen LogP contribution in [-0.2, 0) is 0 Å². The summed E-state index contributed by atoms with van der Waals surface area (Å²) >= 11 is 5.87. The Labute approximate surface area is 155 Å². The molecule has 0 saturated heterocycles. The van der Waals surface area contributed by atoms with E-state index >= 15 is 0 Å². The third-order valence-electron chi connectivity index (χ3n) is 4.38. The van der Waals surface area contributed by atoms with E-state index < -0.39 is 29.7 Å². The van der Waals surface area contributed by atoms with Crippen molar-refractivity contribution in [3.63, 3.8) is 0 Å². The summed E-state index contributed by atoms with van der Waals surface area (Å²) in [6, 6.07) is 6.33. The molecule has 0 radical (unpaired) electrons. The molecule has 3 N–H and O–H groups in total. The molecule has 1 amide bonds. The van der Waals surface area contributed by atoms with Crippen LogP contribution >= 0.6 is 11.6 Å². The van der Waals surface area contributed by atoms with Gasteiger partial charge in [0.1, 0.15) is 0 Å². The molecule has 2 aromatic rings. The molecule has 7 nitrogen and oxygen atoms in total. The summed E-state index contributed by atoms with van der Waals surface area (Å²) in [5, 5.41) is 22.6. The van der Waals surface area contributed by atoms with Gasteiger partial charge >= 0.3 is 5.97 Å². The molecule has 1 aromatic carbocycles. The van der Waals surface area contributed by atoms with Crippen molar-refractivity contribution >= 4 is 23.5 Å². The van der Waals surface area contributed by atoms with Gasteiger partial charge in [-0.1, -0.05) is 36.6 Å². The summed E-state index contributed by atoms with van der Waals surface area (Å²) in [6.07, 6.45) is 3.70. The largest absolute Gasteiger partial charge is 0.476 e. The van der Waals surface area contributed by atoms with E-state index in [2.05, 4.69) is 15.3 Å². The molecule has 0 aliphatic heterocycles. The number of benzene rings is 1. The van der Waals surface area contributed by atoms with Crippen LogP contribution < -0.4 is 5.32 Å². The van der Waals surface area contributed by atoms with Crippen molar-refractivity contribution in [3.05, 3.63) is 46.9 Å². The second-order valence-electron chi connectivity index (χ2n) is 6.20. The number of hydrogen-bond acceptors (Lipinski definition) is 5. The van der Waals surface area contributed by atoms with Crippen LogP contribution in [-0.4, -0.2) is 44.2 Å². The van der Waals surface area contributed by atoms with E-state index in [1.165, 1.54) is 6.20 Å². The molecule has 0 spiro atoms. The Morgan fingerprint density at radius 2 is 1.81 bits per heavy atom. The molecule has 1 aliphatic rings. The summed E-state index contributed by atoms with van der Waals surface area (Å²) in [4.78, 5) is 32.1. The Morgan fingerprint density at radius 1 is 1.12 bits per heavy atom. The normalized spacial score (nSPS) is 19.8. The van der Waals surface area contributed by atoms with Crippen LogP contribution in [0.2, 0.25) is 5.02 Å². The molecule has 2 unspecified atom stereocenters. The number of nitrogens with zero attached hydrogens (tertiary/aromatic N) is 2. The van der Waals surface area contributed by atoms with Crippen molar-refractivity contribution < 1.29 is 19.8 Å². The van der Waals surface area contributed by atoms with E-state index in [0.717, 1.165) is 12.8 Å². The van der Waals surface area contributed by atoms with Crippen molar-refractivity contribution in [1.29, 1.82) is 0 Å². The maximum absolute atomic E-state index is 12.6. The summed E-state index contributed by atoms with van der Waals surface area (Å²) < 4.78 is 0. The first-order chi connectivity index (χ1) is 12.5. The average molecular weight is 376 g/mol. The number of carbonyl (C=O) groups excluding carboxylic acids is 1. The predicted molar refractivity (Wildman–Crippen MR) is 95.2 cm³/mol. The Hall–Kier alpha value is -2.51. The lowest BCUT2D eigenvalue weighted by Crippen LogP contribution is -2.45. The van der Waals surface area contributed by atoms with Crippen molar-refractivity contribution in [1.82, 2.24) is 15.3 Å². The molecule has 136 valence electrons. The van der Waals surface area contributed by atoms with E-state index in [-0.39, 0.29) is 5.69 Å². The van der Waals surface area contributed by atoms with E-state index in [1.54, 1.807) is 24.3 Å². The van der Waals surface area contributed by atoms with Gasteiger partial charge in [-0.05, 0) is 25.0 Å². The highest BCUT2D eigenvalue weighted by Crippen LogP contribution is 2.22. The molecule has 1 aliphatic carbocycles. The molecule has 2 atom stereocenters. The van der Waals surface area contributed by atoms with Crippen LogP contribution in [0.5, 0.6) is 0 Å². The van der Waals surface area contributed by atoms with Gasteiger partial charge < -0.3 is 15.5 Å². The first kappa shape index (κ1) is 18.3. The van der Waals surface area contributed by atoms with Crippen LogP contribution in [0.25, 0.3) is 11.3 Å². The van der Waals surface area contributed by atoms with Gasteiger partial charge in [-0.15, -0.1) is 0 Å². The molecule has 1 fully saturated rings. The summed E-state index contributed by atoms with van der Waals surface area (Å²) in [5.74, 6) is -1.99. The standard InChI is InChI=1S/C18H18ClN3O4/c19-11-7-5-10(6-8-11)13-9-20-16(18(25)26)15(21-13)17(24)22-12-3-1-2-4-14(12)23/h5-9,12,14,23H,1-4H2,(H,22,24)(H,25,26). The number of rotatable bonds is 4. The molecule has 0 bridgehead atoms. The fourth-order valence-corrected chi connectivity index (χ4v) is 3.11. The lowest BCUT2D eigenvalue weighted by molar-refractivity contribution is 0.0666. The number of carboxylic acid groups (broad SMARTS) is 1. The molecular formula is C18H18ClN3O4. The molecule has 1 heterocycles. The maximum Gasteiger partial charge on any atom is 0.356 e. The van der Waals surface area contributed by atoms with Gasteiger partial charge in [-0.2, -0.15) is 0 Å². The SMILES string of the molecule is O=C(O)c1ncc(-c2ccc(Cl)cc2)nc1C(=O)NC1CCCCC1O. The van der Waals surface area contributed by atoms with Gasteiger partial charge in [0.2, 0.25) is 0 Å². The highest BCUT2D eigenvalue weighted by molar-refractivity contribution is 6.30. The number of aromatic carboxylic acids is 1. The summed E-state index contributed by atoms with van der Waals surface area (Å²) in [7, 11) is 0. The first-order valence-electron chi connectivity index (χ1n) is 8.31. The minimum atomic E-state index is -1.34. The van der Waals surface area contributed by atoms with Crippen LogP contribution in [0.1, 0.15) is 46.7 Å². The second-order valence-corrected chi connectivity index (χ2v) is 6.63. The monoisotopic (exact) mass is 375 g/mol. The molecule has 8 heteroatoms. The number of carbonyl (C=O) groups is 2. The smallest absolute Gasteiger partial charge is 0.356 e. The van der Waals surface area contributed by atoms with Crippen molar-refractivity contribution in [2.45, 2.75) is 37.8 Å². The van der Waals surface area contributed by atoms with E-state index in [1.807, 2.05) is 0 Å². The zero-order valence-corrected chi connectivity index (χ0v) is 14.6. The lowest BCUT2D eigenvalue weighted by atomic mass is 9.92. The number of aliphatic hydroxyl groups is 1. The number of nitrogens with one attached hydrogen (secondary N) is 1. The predicted octanol–water partition coefficient (Wildman–Crippen LogP) is 2.53. The molecule has 26 heavy (non-hydrogen) atoms. The number of aromatic nitrogens is 2. The first-order valence-corrected chi connectivity index (χ1v) is 8.68. The minimum absolute atomic E-state index is 0.275. The number of amides is 1. The highest BCUT2D eigenvalue weighted by atomic mass is 35.5. The van der Waals surface area contributed by atoms with Gasteiger partial charge in [-0.3, -0.25) is 4.79 Å². The fourth-order valence-electron chi connectivity index (χ4n) is 2.98. The lowest BCUT2D eigenvalue weighted by Gasteiger charge is -2.28. The molecule has 3 rings (SSSR count). The number of halogens is 1. The van der Waals surface area contributed by atoms with Crippen molar-refractivity contribution in [3.8, 4) is 11.3 Å². The fraction of sp³-hybridized carbons (Fsp3) is 0.333. The maximum atomic E-state index is 12.6. The number of aliphatic hydroxyl groups excluding tert-OH is 1. The third kappa shape index (κ3) is 4.00. The van der Waals surface area contributed by atoms with Gasteiger partial charge in [-0.25, -0.2) is 14.8 Å². The Morgan fingerprint density at radius 3 is 2.46 bits per heavy atom. The van der Waals surface area contributed by atoms with Gasteiger partial charge in [0.25, 0.3) is 5.91 Å². The van der Waals surface area contributed by atoms with Crippen molar-refractivity contribution in [2.75, 3.05) is 0 Å². The summed E-state index contributed by atoms with van der Waals surface area (Å²) in [5.41, 5.74) is 0.319. The highest BCUT2D eigenvalue weighted by Gasteiger charge is 2.28. The minimum Gasteiger partial charge on any atom is -0.476 e. The topological polar surface area (TPSA) is 112 Å². The second kappa shape index (κ2) is 7.80. The van der Waals surface area contributed by atoms with Crippen molar-refractivity contribution in [2.24, 2.45) is 0 Å². The van der Waals surface area contributed by atoms with Crippen LogP contribution in [0.4, 0.5) is 0 Å². The van der Waals surface area contributed by atoms with E-state index in [0.29, 0.717) is 29.1 Å². The Kier molecular flexibility index (Phi) is 5.49. The van der Waals surface area contributed by atoms with Crippen LogP contribution in [0, 0.1) is 0 Å². The third-order valence-corrected chi connectivity index (χ3v) is 4.63. The van der Waals surface area contributed by atoms with Crippen LogP contribution in [0.3, 0.4) is 0 Å². The van der Waals surface area contributed by atoms with Gasteiger partial charge in [0.05, 0.1) is 24.0 Å². The Balaban J connectivity index is 1.92. The van der Waals surface area contributed by atoms with Crippen LogP contribution in [0.15, 0.2) is 30.5 Å². The van der Waals surface area contributed by atoms with E-state index in [9.17, 15) is 19.8 Å². The van der Waals surface area contributed by atoms with Gasteiger partial charge in [0.15, 0.2) is 11.4 Å². The van der Waals surface area contributed by atoms with Gasteiger partial charge in [0, 0.05) is 10.6 Å². The zero-order valence-electron chi connectivity index (χ0n) is 13.9. The average Bonchev–Trinajstić information content (AvgIpc) is 2.63. The zero-order chi connectivity index (χ0) is 18.7. The molecule has 1 aromatic heterocycles. The quantitative estimate of drug-likeness (QED) is 0.756. The van der Waals surface area contributed by atoms with E-state index in [4.69, 9.17) is 11.6 Å².